The van der Waals surface area contributed by atoms with Crippen LogP contribution in [0.1, 0.15) is 16.2 Å². The van der Waals surface area contributed by atoms with Crippen molar-refractivity contribution in [3.8, 4) is 11.3 Å². The van der Waals surface area contributed by atoms with Gasteiger partial charge in [-0.15, -0.1) is 0 Å². The molecule has 0 aliphatic heterocycles. The van der Waals surface area contributed by atoms with E-state index in [1.165, 1.54) is 0 Å². The second kappa shape index (κ2) is 6.62. The second-order valence-corrected chi connectivity index (χ2v) is 6.37. The van der Waals surface area contributed by atoms with Gasteiger partial charge in [0.2, 0.25) is 5.82 Å². The summed E-state index contributed by atoms with van der Waals surface area (Å²) in [4.78, 5) is 23.8. The SMILES string of the molecule is O=C(OCc1ccccc1)c1nc2cc3c(-c4ccncc4)n[nH]c3cc2[nH]1. The summed E-state index contributed by atoms with van der Waals surface area (Å²) in [6.45, 7) is 0.202. The zero-order chi connectivity index (χ0) is 18.9. The van der Waals surface area contributed by atoms with Crippen molar-refractivity contribution in [1.82, 2.24) is 25.1 Å². The molecule has 3 heterocycles. The fraction of sp³-hybridized carbons (Fsp3) is 0.0476. The van der Waals surface area contributed by atoms with E-state index in [0.717, 1.165) is 33.2 Å². The Kier molecular flexibility index (Phi) is 3.83. The van der Waals surface area contributed by atoms with Crippen LogP contribution in [-0.2, 0) is 11.3 Å². The maximum absolute atomic E-state index is 12.4. The summed E-state index contributed by atoms with van der Waals surface area (Å²) < 4.78 is 5.36. The van der Waals surface area contributed by atoms with Crippen LogP contribution in [-0.4, -0.2) is 31.1 Å². The first-order valence-electron chi connectivity index (χ1n) is 8.77. The van der Waals surface area contributed by atoms with Gasteiger partial charge in [0.1, 0.15) is 12.3 Å². The molecule has 0 aliphatic rings. The normalized spacial score (nSPS) is 11.1. The standard InChI is InChI=1S/C21H15N5O2/c27-21(28-12-13-4-2-1-3-5-13)20-23-17-10-15-16(11-18(17)24-20)25-26-19(15)14-6-8-22-9-7-14/h1-11H,12H2,(H,23,24)(H,25,26). The highest BCUT2D eigenvalue weighted by molar-refractivity contribution is 6.01. The summed E-state index contributed by atoms with van der Waals surface area (Å²) in [5, 5.41) is 8.36. The minimum Gasteiger partial charge on any atom is -0.455 e. The Morgan fingerprint density at radius 1 is 1.00 bits per heavy atom. The van der Waals surface area contributed by atoms with E-state index >= 15 is 0 Å². The number of imidazole rings is 1. The minimum absolute atomic E-state index is 0.178. The van der Waals surface area contributed by atoms with Crippen molar-refractivity contribution in [2.24, 2.45) is 0 Å². The molecule has 0 fully saturated rings. The van der Waals surface area contributed by atoms with Gasteiger partial charge in [-0.25, -0.2) is 9.78 Å². The number of ether oxygens (including phenoxy) is 1. The lowest BCUT2D eigenvalue weighted by molar-refractivity contribution is 0.0460. The molecule has 28 heavy (non-hydrogen) atoms. The topological polar surface area (TPSA) is 96.5 Å². The zero-order valence-electron chi connectivity index (χ0n) is 14.7. The maximum atomic E-state index is 12.4. The Morgan fingerprint density at radius 3 is 2.64 bits per heavy atom. The van der Waals surface area contributed by atoms with E-state index in [1.807, 2.05) is 54.6 Å². The number of hydrogen-bond acceptors (Lipinski definition) is 5. The molecular weight excluding hydrogens is 354 g/mol. The molecule has 0 saturated heterocycles. The molecule has 0 radical (unpaired) electrons. The summed E-state index contributed by atoms with van der Waals surface area (Å²) in [6, 6.07) is 17.1. The van der Waals surface area contributed by atoms with Gasteiger partial charge in [-0.3, -0.25) is 10.1 Å². The molecule has 7 nitrogen and oxygen atoms in total. The number of fused-ring (bicyclic) bond motifs is 2. The molecule has 0 aliphatic carbocycles. The van der Waals surface area contributed by atoms with Crippen molar-refractivity contribution in [2.75, 3.05) is 0 Å². The van der Waals surface area contributed by atoms with Crippen LogP contribution in [0.3, 0.4) is 0 Å². The highest BCUT2D eigenvalue weighted by Gasteiger charge is 2.16. The zero-order valence-corrected chi connectivity index (χ0v) is 14.7. The molecule has 0 unspecified atom stereocenters. The molecule has 2 aromatic carbocycles. The van der Waals surface area contributed by atoms with Crippen molar-refractivity contribution >= 4 is 27.9 Å². The van der Waals surface area contributed by atoms with E-state index in [2.05, 4.69) is 25.1 Å². The highest BCUT2D eigenvalue weighted by atomic mass is 16.5. The van der Waals surface area contributed by atoms with E-state index in [0.29, 0.717) is 5.52 Å². The number of rotatable bonds is 4. The van der Waals surface area contributed by atoms with Crippen LogP contribution in [0.2, 0.25) is 0 Å². The van der Waals surface area contributed by atoms with Crippen LogP contribution in [0.4, 0.5) is 0 Å². The first-order chi connectivity index (χ1) is 13.8. The van der Waals surface area contributed by atoms with Crippen molar-refractivity contribution in [3.63, 3.8) is 0 Å². The number of aromatic amines is 2. The monoisotopic (exact) mass is 369 g/mol. The van der Waals surface area contributed by atoms with Crippen molar-refractivity contribution in [1.29, 1.82) is 0 Å². The lowest BCUT2D eigenvalue weighted by Crippen LogP contribution is -2.07. The van der Waals surface area contributed by atoms with Gasteiger partial charge < -0.3 is 9.72 Å². The van der Waals surface area contributed by atoms with E-state index < -0.39 is 5.97 Å². The smallest absolute Gasteiger partial charge is 0.374 e. The summed E-state index contributed by atoms with van der Waals surface area (Å²) in [7, 11) is 0. The Labute approximate surface area is 159 Å². The van der Waals surface area contributed by atoms with Gasteiger partial charge in [-0.2, -0.15) is 5.10 Å². The van der Waals surface area contributed by atoms with Crippen LogP contribution >= 0.6 is 0 Å². The number of carbonyl (C=O) groups excluding carboxylic acids is 1. The summed E-state index contributed by atoms with van der Waals surface area (Å²) >= 11 is 0. The number of nitrogens with zero attached hydrogens (tertiary/aromatic N) is 3. The number of benzene rings is 2. The molecule has 136 valence electrons. The lowest BCUT2D eigenvalue weighted by atomic mass is 10.1. The Bertz CT molecular complexity index is 1280. The number of pyridine rings is 1. The van der Waals surface area contributed by atoms with Crippen LogP contribution in [0, 0.1) is 0 Å². The molecule has 3 aromatic heterocycles. The van der Waals surface area contributed by atoms with Gasteiger partial charge in [-0.05, 0) is 29.8 Å². The van der Waals surface area contributed by atoms with E-state index in [4.69, 9.17) is 4.74 Å². The predicted octanol–water partition coefficient (Wildman–Crippen LogP) is 3.86. The molecule has 0 atom stereocenters. The molecule has 0 saturated carbocycles. The fourth-order valence-corrected chi connectivity index (χ4v) is 3.14. The van der Waals surface area contributed by atoms with Gasteiger partial charge in [0.25, 0.3) is 0 Å². The third-order valence-electron chi connectivity index (χ3n) is 4.52. The van der Waals surface area contributed by atoms with Gasteiger partial charge in [0.15, 0.2) is 0 Å². The second-order valence-electron chi connectivity index (χ2n) is 6.37. The fourth-order valence-electron chi connectivity index (χ4n) is 3.14. The van der Waals surface area contributed by atoms with E-state index in [1.54, 1.807) is 12.4 Å². The Morgan fingerprint density at radius 2 is 1.82 bits per heavy atom. The number of H-pyrrole nitrogens is 2. The first kappa shape index (κ1) is 16.2. The Balaban J connectivity index is 1.46. The minimum atomic E-state index is -0.490. The predicted molar refractivity (Wildman–Crippen MR) is 105 cm³/mol. The van der Waals surface area contributed by atoms with Crippen LogP contribution in [0.5, 0.6) is 0 Å². The van der Waals surface area contributed by atoms with E-state index in [-0.39, 0.29) is 12.4 Å². The number of carbonyl (C=O) groups is 1. The average molecular weight is 369 g/mol. The highest BCUT2D eigenvalue weighted by Crippen LogP contribution is 2.28. The number of nitrogens with one attached hydrogen (secondary N) is 2. The number of hydrogen-bond donors (Lipinski definition) is 2. The number of esters is 1. The van der Waals surface area contributed by atoms with Crippen molar-refractivity contribution in [3.05, 3.63) is 78.4 Å². The van der Waals surface area contributed by atoms with Gasteiger partial charge in [0, 0.05) is 23.3 Å². The summed E-state index contributed by atoms with van der Waals surface area (Å²) in [5.41, 5.74) is 4.97. The Hall–Kier alpha value is -4.00. The van der Waals surface area contributed by atoms with Gasteiger partial charge in [-0.1, -0.05) is 30.3 Å². The molecule has 5 aromatic rings. The van der Waals surface area contributed by atoms with Crippen molar-refractivity contribution in [2.45, 2.75) is 6.61 Å². The third kappa shape index (κ3) is 2.88. The van der Waals surface area contributed by atoms with E-state index in [9.17, 15) is 4.79 Å². The summed E-state index contributed by atoms with van der Waals surface area (Å²) in [6.07, 6.45) is 3.45. The molecule has 7 heteroatoms. The summed E-state index contributed by atoms with van der Waals surface area (Å²) in [5.74, 6) is -0.312. The van der Waals surface area contributed by atoms with Crippen LogP contribution in [0.15, 0.2) is 67.0 Å². The molecular formula is C21H15N5O2. The molecule has 2 N–H and O–H groups in total. The quantitative estimate of drug-likeness (QED) is 0.469. The maximum Gasteiger partial charge on any atom is 0.374 e. The first-order valence-corrected chi connectivity index (χ1v) is 8.77. The lowest BCUT2D eigenvalue weighted by Gasteiger charge is -2.02. The van der Waals surface area contributed by atoms with Crippen LogP contribution in [0.25, 0.3) is 33.2 Å². The van der Waals surface area contributed by atoms with Gasteiger partial charge >= 0.3 is 5.97 Å². The number of aromatic nitrogens is 5. The van der Waals surface area contributed by atoms with Crippen LogP contribution < -0.4 is 0 Å². The van der Waals surface area contributed by atoms with Gasteiger partial charge in [0.05, 0.1) is 16.6 Å². The third-order valence-corrected chi connectivity index (χ3v) is 4.52. The molecule has 5 rings (SSSR count). The molecule has 0 bridgehead atoms. The van der Waals surface area contributed by atoms with Crippen molar-refractivity contribution < 1.29 is 9.53 Å². The average Bonchev–Trinajstić information content (AvgIpc) is 3.35. The molecule has 0 spiro atoms. The largest absolute Gasteiger partial charge is 0.455 e. The molecule has 0 amide bonds.